The quantitative estimate of drug-likeness (QED) is 0.905. The molecule has 106 valence electrons. The van der Waals surface area contributed by atoms with Crippen LogP contribution in [0.1, 0.15) is 22.3 Å². The maximum absolute atomic E-state index is 14.1. The van der Waals surface area contributed by atoms with Crippen LogP contribution in [-0.2, 0) is 19.6 Å². The Morgan fingerprint density at radius 3 is 2.30 bits per heavy atom. The first-order valence-corrected chi connectivity index (χ1v) is 6.80. The van der Waals surface area contributed by atoms with Crippen LogP contribution in [-0.4, -0.2) is 11.9 Å². The van der Waals surface area contributed by atoms with Crippen LogP contribution in [0.15, 0.2) is 42.5 Å². The summed E-state index contributed by atoms with van der Waals surface area (Å²) >= 11 is 0. The highest BCUT2D eigenvalue weighted by Gasteiger charge is 2.09. The Labute approximate surface area is 120 Å². The van der Waals surface area contributed by atoms with Crippen molar-refractivity contribution >= 4 is 0 Å². The number of nitrogens with two attached hydrogens (primary N) is 1. The van der Waals surface area contributed by atoms with Crippen molar-refractivity contribution in [2.45, 2.75) is 26.6 Å². The van der Waals surface area contributed by atoms with E-state index in [1.807, 2.05) is 19.2 Å². The third kappa shape index (κ3) is 3.65. The minimum absolute atomic E-state index is 0.175. The van der Waals surface area contributed by atoms with E-state index in [-0.39, 0.29) is 12.4 Å². The van der Waals surface area contributed by atoms with Crippen molar-refractivity contribution in [1.82, 2.24) is 4.90 Å². The van der Waals surface area contributed by atoms with Crippen LogP contribution < -0.4 is 5.73 Å². The molecule has 0 saturated heterocycles. The molecule has 0 saturated carbocycles. The zero-order chi connectivity index (χ0) is 14.5. The van der Waals surface area contributed by atoms with Gasteiger partial charge >= 0.3 is 0 Å². The molecule has 0 aliphatic heterocycles. The first kappa shape index (κ1) is 14.7. The molecule has 0 spiro atoms. The first-order valence-electron chi connectivity index (χ1n) is 6.80. The Morgan fingerprint density at radius 2 is 1.65 bits per heavy atom. The summed E-state index contributed by atoms with van der Waals surface area (Å²) in [5.74, 6) is -0.175. The third-order valence-electron chi connectivity index (χ3n) is 3.39. The normalized spacial score (nSPS) is 11.1. The van der Waals surface area contributed by atoms with Crippen molar-refractivity contribution < 1.29 is 4.39 Å². The van der Waals surface area contributed by atoms with Crippen molar-refractivity contribution in [3.05, 3.63) is 70.5 Å². The van der Waals surface area contributed by atoms with E-state index in [1.54, 1.807) is 6.07 Å². The molecule has 0 aliphatic rings. The lowest BCUT2D eigenvalue weighted by molar-refractivity contribution is 0.313. The Hall–Kier alpha value is -1.71. The maximum Gasteiger partial charge on any atom is 0.132 e. The molecule has 0 atom stereocenters. The SMILES string of the molecule is Cc1ccc(CN(C)Cc2cccc(CN)c2F)cc1. The molecule has 0 fully saturated rings. The molecule has 2 aromatic carbocycles. The van der Waals surface area contributed by atoms with Gasteiger partial charge < -0.3 is 5.73 Å². The van der Waals surface area contributed by atoms with Crippen molar-refractivity contribution in [3.8, 4) is 0 Å². The van der Waals surface area contributed by atoms with E-state index in [0.717, 1.165) is 6.54 Å². The molecule has 0 heterocycles. The molecule has 0 amide bonds. The highest BCUT2D eigenvalue weighted by molar-refractivity contribution is 5.26. The lowest BCUT2D eigenvalue weighted by atomic mass is 10.1. The number of nitrogens with zero attached hydrogens (tertiary/aromatic N) is 1. The predicted octanol–water partition coefficient (Wildman–Crippen LogP) is 3.22. The van der Waals surface area contributed by atoms with E-state index < -0.39 is 0 Å². The molecular weight excluding hydrogens is 251 g/mol. The van der Waals surface area contributed by atoms with Crippen LogP contribution in [0, 0.1) is 12.7 Å². The van der Waals surface area contributed by atoms with Gasteiger partial charge in [0.15, 0.2) is 0 Å². The summed E-state index contributed by atoms with van der Waals surface area (Å²) < 4.78 is 14.1. The molecule has 2 nitrogen and oxygen atoms in total. The number of rotatable bonds is 5. The van der Waals surface area contributed by atoms with Gasteiger partial charge in [-0.1, -0.05) is 48.0 Å². The van der Waals surface area contributed by atoms with Gasteiger partial charge in [-0.2, -0.15) is 0 Å². The minimum atomic E-state index is -0.175. The van der Waals surface area contributed by atoms with Gasteiger partial charge in [0.2, 0.25) is 0 Å². The second-order valence-electron chi connectivity index (χ2n) is 5.25. The smallest absolute Gasteiger partial charge is 0.132 e. The summed E-state index contributed by atoms with van der Waals surface area (Å²) in [5.41, 5.74) is 9.28. The monoisotopic (exact) mass is 272 g/mol. The molecule has 3 heteroatoms. The summed E-state index contributed by atoms with van der Waals surface area (Å²) in [6.07, 6.45) is 0. The predicted molar refractivity (Wildman–Crippen MR) is 80.6 cm³/mol. The van der Waals surface area contributed by atoms with Gasteiger partial charge in [0.1, 0.15) is 5.82 Å². The largest absolute Gasteiger partial charge is 0.326 e. The molecular formula is C17H21FN2. The Balaban J connectivity index is 2.04. The molecule has 2 N–H and O–H groups in total. The average molecular weight is 272 g/mol. The highest BCUT2D eigenvalue weighted by atomic mass is 19.1. The fourth-order valence-electron chi connectivity index (χ4n) is 2.26. The van der Waals surface area contributed by atoms with E-state index in [4.69, 9.17) is 5.73 Å². The Bertz CT molecular complexity index is 564. The van der Waals surface area contributed by atoms with Crippen LogP contribution in [0.4, 0.5) is 4.39 Å². The topological polar surface area (TPSA) is 29.3 Å². The van der Waals surface area contributed by atoms with E-state index in [9.17, 15) is 4.39 Å². The van der Waals surface area contributed by atoms with Crippen LogP contribution in [0.5, 0.6) is 0 Å². The zero-order valence-electron chi connectivity index (χ0n) is 12.1. The van der Waals surface area contributed by atoms with Gasteiger partial charge in [0.05, 0.1) is 0 Å². The fraction of sp³-hybridized carbons (Fsp3) is 0.294. The molecule has 0 radical (unpaired) electrons. The van der Waals surface area contributed by atoms with Crippen LogP contribution in [0.25, 0.3) is 0 Å². The Kier molecular flexibility index (Phi) is 4.88. The van der Waals surface area contributed by atoms with Crippen molar-refractivity contribution in [2.24, 2.45) is 5.73 Å². The van der Waals surface area contributed by atoms with Gasteiger partial charge in [-0.3, -0.25) is 4.90 Å². The van der Waals surface area contributed by atoms with Crippen LogP contribution in [0.3, 0.4) is 0 Å². The third-order valence-corrected chi connectivity index (χ3v) is 3.39. The zero-order valence-corrected chi connectivity index (χ0v) is 12.1. The highest BCUT2D eigenvalue weighted by Crippen LogP contribution is 2.15. The number of hydrogen-bond acceptors (Lipinski definition) is 2. The van der Waals surface area contributed by atoms with Gasteiger partial charge in [-0.15, -0.1) is 0 Å². The van der Waals surface area contributed by atoms with Crippen molar-refractivity contribution in [2.75, 3.05) is 7.05 Å². The number of aryl methyl sites for hydroxylation is 1. The van der Waals surface area contributed by atoms with Gasteiger partial charge in [-0.25, -0.2) is 4.39 Å². The molecule has 0 unspecified atom stereocenters. The molecule has 0 bridgehead atoms. The lowest BCUT2D eigenvalue weighted by Gasteiger charge is -2.18. The lowest BCUT2D eigenvalue weighted by Crippen LogP contribution is -2.18. The Morgan fingerprint density at radius 1 is 1.00 bits per heavy atom. The second kappa shape index (κ2) is 6.64. The second-order valence-corrected chi connectivity index (χ2v) is 5.25. The molecule has 2 aromatic rings. The summed E-state index contributed by atoms with van der Waals surface area (Å²) in [7, 11) is 1.99. The van der Waals surface area contributed by atoms with E-state index in [0.29, 0.717) is 17.7 Å². The molecule has 0 aromatic heterocycles. The summed E-state index contributed by atoms with van der Waals surface area (Å²) in [6, 6.07) is 13.8. The molecule has 20 heavy (non-hydrogen) atoms. The van der Waals surface area contributed by atoms with Crippen molar-refractivity contribution in [3.63, 3.8) is 0 Å². The van der Waals surface area contributed by atoms with Crippen molar-refractivity contribution in [1.29, 1.82) is 0 Å². The molecule has 0 aliphatic carbocycles. The number of benzene rings is 2. The summed E-state index contributed by atoms with van der Waals surface area (Å²) in [5, 5.41) is 0. The number of halogens is 1. The number of hydrogen-bond donors (Lipinski definition) is 1. The maximum atomic E-state index is 14.1. The van der Waals surface area contributed by atoms with E-state index >= 15 is 0 Å². The summed E-state index contributed by atoms with van der Waals surface area (Å²) in [6.45, 7) is 3.68. The fourth-order valence-corrected chi connectivity index (χ4v) is 2.26. The average Bonchev–Trinajstić information content (AvgIpc) is 2.44. The van der Waals surface area contributed by atoms with Gasteiger partial charge in [-0.05, 0) is 19.5 Å². The van der Waals surface area contributed by atoms with E-state index in [1.165, 1.54) is 11.1 Å². The first-order chi connectivity index (χ1) is 9.60. The van der Waals surface area contributed by atoms with E-state index in [2.05, 4.69) is 36.1 Å². The standard InChI is InChI=1S/C17H21FN2/c1-13-6-8-14(9-7-13)11-20(2)12-16-5-3-4-15(10-19)17(16)18/h3-9H,10-12,19H2,1-2H3. The molecule has 2 rings (SSSR count). The van der Waals surface area contributed by atoms with Gasteiger partial charge in [0.25, 0.3) is 0 Å². The van der Waals surface area contributed by atoms with Crippen LogP contribution >= 0.6 is 0 Å². The van der Waals surface area contributed by atoms with Gasteiger partial charge in [0, 0.05) is 30.8 Å². The minimum Gasteiger partial charge on any atom is -0.326 e. The summed E-state index contributed by atoms with van der Waals surface area (Å²) in [4.78, 5) is 2.10. The van der Waals surface area contributed by atoms with Crippen LogP contribution in [0.2, 0.25) is 0 Å².